The van der Waals surface area contributed by atoms with Crippen molar-refractivity contribution in [2.75, 3.05) is 0 Å². The summed E-state index contributed by atoms with van der Waals surface area (Å²) in [6.07, 6.45) is 0. The van der Waals surface area contributed by atoms with Gasteiger partial charge in [0.15, 0.2) is 17.2 Å². The third-order valence-corrected chi connectivity index (χ3v) is 9.27. The number of furan rings is 1. The molecule has 6 aromatic carbocycles. The summed E-state index contributed by atoms with van der Waals surface area (Å²) in [5, 5.41) is 4.29. The van der Waals surface area contributed by atoms with Crippen molar-refractivity contribution < 1.29 is 4.42 Å². The average molecular weight is 642 g/mol. The quantitative estimate of drug-likeness (QED) is 0.187. The van der Waals surface area contributed by atoms with E-state index in [2.05, 4.69) is 65.2 Å². The van der Waals surface area contributed by atoms with E-state index in [0.29, 0.717) is 17.6 Å². The number of fused-ring (bicyclic) bond motifs is 7. The number of nitrogens with zero attached hydrogens (tertiary/aromatic N) is 5. The SMILES string of the molecule is c1ccc(-c2cccc(-c3cccc(-c4nc(-c5ccccc5)nc(-n5c6ccccc6c6ccc7c8ccccc8oc7c65)n4)c3)n2)cc1. The molecule has 6 nitrogen and oxygen atoms in total. The molecular formula is C44H27N5O. The third kappa shape index (κ3) is 4.58. The molecule has 0 saturated heterocycles. The first kappa shape index (κ1) is 28.1. The molecule has 0 bridgehead atoms. The highest BCUT2D eigenvalue weighted by Crippen LogP contribution is 2.40. The van der Waals surface area contributed by atoms with E-state index in [1.54, 1.807) is 0 Å². The number of hydrogen-bond acceptors (Lipinski definition) is 5. The molecule has 10 aromatic rings. The van der Waals surface area contributed by atoms with Gasteiger partial charge in [-0.15, -0.1) is 0 Å². The van der Waals surface area contributed by atoms with Gasteiger partial charge in [-0.3, -0.25) is 4.57 Å². The first-order chi connectivity index (χ1) is 24.8. The Labute approximate surface area is 287 Å². The Morgan fingerprint density at radius 2 is 1.00 bits per heavy atom. The highest BCUT2D eigenvalue weighted by atomic mass is 16.3. The van der Waals surface area contributed by atoms with Crippen LogP contribution >= 0.6 is 0 Å². The minimum absolute atomic E-state index is 0.516. The van der Waals surface area contributed by atoms with Gasteiger partial charge in [-0.2, -0.15) is 9.97 Å². The van der Waals surface area contributed by atoms with Crippen LogP contribution in [-0.4, -0.2) is 24.5 Å². The van der Waals surface area contributed by atoms with Crippen LogP contribution in [0, 0.1) is 0 Å². The maximum atomic E-state index is 6.59. The first-order valence-electron chi connectivity index (χ1n) is 16.6. The van der Waals surface area contributed by atoms with Gasteiger partial charge in [-0.25, -0.2) is 9.97 Å². The lowest BCUT2D eigenvalue weighted by molar-refractivity contribution is 0.670. The lowest BCUT2D eigenvalue weighted by Gasteiger charge is -2.12. The zero-order valence-electron chi connectivity index (χ0n) is 26.7. The molecule has 0 radical (unpaired) electrons. The van der Waals surface area contributed by atoms with Crippen molar-refractivity contribution >= 4 is 43.7 Å². The monoisotopic (exact) mass is 641 g/mol. The molecule has 0 unspecified atom stereocenters. The van der Waals surface area contributed by atoms with E-state index in [1.807, 2.05) is 103 Å². The van der Waals surface area contributed by atoms with Gasteiger partial charge < -0.3 is 4.42 Å². The fourth-order valence-electron chi connectivity index (χ4n) is 6.93. The van der Waals surface area contributed by atoms with Gasteiger partial charge >= 0.3 is 0 Å². The summed E-state index contributed by atoms with van der Waals surface area (Å²) in [6.45, 7) is 0. The van der Waals surface area contributed by atoms with Crippen LogP contribution in [0.2, 0.25) is 0 Å². The number of benzene rings is 6. The van der Waals surface area contributed by atoms with Gasteiger partial charge in [0, 0.05) is 43.8 Å². The van der Waals surface area contributed by atoms with Crippen molar-refractivity contribution in [2.45, 2.75) is 0 Å². The first-order valence-corrected chi connectivity index (χ1v) is 16.6. The fraction of sp³-hybridized carbons (Fsp3) is 0. The minimum Gasteiger partial charge on any atom is -0.454 e. The smallest absolute Gasteiger partial charge is 0.238 e. The van der Waals surface area contributed by atoms with Gasteiger partial charge in [-0.1, -0.05) is 127 Å². The van der Waals surface area contributed by atoms with E-state index in [9.17, 15) is 0 Å². The van der Waals surface area contributed by atoms with Crippen LogP contribution in [0.1, 0.15) is 0 Å². The topological polar surface area (TPSA) is 69.6 Å². The predicted octanol–water partition coefficient (Wildman–Crippen LogP) is 10.9. The summed E-state index contributed by atoms with van der Waals surface area (Å²) in [5.74, 6) is 1.67. The average Bonchev–Trinajstić information content (AvgIpc) is 3.75. The summed E-state index contributed by atoms with van der Waals surface area (Å²) in [4.78, 5) is 20.4. The predicted molar refractivity (Wildman–Crippen MR) is 201 cm³/mol. The van der Waals surface area contributed by atoms with Gasteiger partial charge in [0.25, 0.3) is 0 Å². The van der Waals surface area contributed by atoms with Crippen LogP contribution in [0.4, 0.5) is 0 Å². The van der Waals surface area contributed by atoms with Crippen molar-refractivity contribution in [1.29, 1.82) is 0 Å². The fourth-order valence-corrected chi connectivity index (χ4v) is 6.93. The second kappa shape index (κ2) is 11.4. The van der Waals surface area contributed by atoms with Crippen LogP contribution in [0.5, 0.6) is 0 Å². The van der Waals surface area contributed by atoms with E-state index in [0.717, 1.165) is 77.4 Å². The van der Waals surface area contributed by atoms with E-state index < -0.39 is 0 Å². The lowest BCUT2D eigenvalue weighted by atomic mass is 10.1. The zero-order valence-corrected chi connectivity index (χ0v) is 26.7. The Kier molecular flexibility index (Phi) is 6.39. The molecule has 50 heavy (non-hydrogen) atoms. The van der Waals surface area contributed by atoms with E-state index in [4.69, 9.17) is 24.4 Å². The second-order valence-corrected chi connectivity index (χ2v) is 12.3. The van der Waals surface area contributed by atoms with Crippen LogP contribution in [0.15, 0.2) is 168 Å². The van der Waals surface area contributed by atoms with E-state index >= 15 is 0 Å². The Bertz CT molecular complexity index is 2870. The molecule has 0 aliphatic carbocycles. The number of hydrogen-bond donors (Lipinski definition) is 0. The maximum absolute atomic E-state index is 6.59. The molecule has 10 rings (SSSR count). The Hall–Kier alpha value is -6.92. The normalized spacial score (nSPS) is 11.6. The van der Waals surface area contributed by atoms with Crippen molar-refractivity contribution in [3.8, 4) is 51.2 Å². The Morgan fingerprint density at radius 3 is 1.82 bits per heavy atom. The summed E-state index contributed by atoms with van der Waals surface area (Å²) < 4.78 is 8.72. The van der Waals surface area contributed by atoms with Gasteiger partial charge in [0.2, 0.25) is 5.95 Å². The molecule has 234 valence electrons. The van der Waals surface area contributed by atoms with Gasteiger partial charge in [0.1, 0.15) is 11.1 Å². The molecule has 0 aliphatic rings. The number of rotatable bonds is 5. The van der Waals surface area contributed by atoms with Crippen LogP contribution < -0.4 is 0 Å². The van der Waals surface area contributed by atoms with Crippen molar-refractivity contribution in [3.05, 3.63) is 164 Å². The zero-order chi connectivity index (χ0) is 33.0. The number of pyridine rings is 1. The standard InChI is InChI=1S/C44H27N5O/c1-3-13-28(14-4-1)36-21-12-22-37(45-36)30-17-11-18-31(27-30)43-46-42(29-15-5-2-6-16-29)47-44(48-43)49-38-23-9-7-19-32(38)34-25-26-35-33-20-8-10-24-39(33)50-41(35)40(34)49/h1-27H. The molecule has 0 fully saturated rings. The van der Waals surface area contributed by atoms with Gasteiger partial charge in [0.05, 0.1) is 16.9 Å². The summed E-state index contributed by atoms with van der Waals surface area (Å²) in [7, 11) is 0. The molecule has 0 amide bonds. The molecule has 4 heterocycles. The molecule has 0 spiro atoms. The van der Waals surface area contributed by atoms with E-state index in [1.165, 1.54) is 0 Å². The Balaban J connectivity index is 1.21. The summed E-state index contributed by atoms with van der Waals surface area (Å²) >= 11 is 0. The maximum Gasteiger partial charge on any atom is 0.238 e. The van der Waals surface area contributed by atoms with Crippen LogP contribution in [-0.2, 0) is 0 Å². The van der Waals surface area contributed by atoms with Crippen molar-refractivity contribution in [1.82, 2.24) is 24.5 Å². The highest BCUT2D eigenvalue weighted by Gasteiger charge is 2.22. The molecule has 0 N–H and O–H groups in total. The van der Waals surface area contributed by atoms with Crippen molar-refractivity contribution in [3.63, 3.8) is 0 Å². The van der Waals surface area contributed by atoms with Crippen LogP contribution in [0.25, 0.3) is 95.0 Å². The second-order valence-electron chi connectivity index (χ2n) is 12.3. The lowest BCUT2D eigenvalue weighted by Crippen LogP contribution is -2.06. The highest BCUT2D eigenvalue weighted by molar-refractivity contribution is 6.21. The van der Waals surface area contributed by atoms with Crippen molar-refractivity contribution in [2.24, 2.45) is 0 Å². The summed E-state index contributed by atoms with van der Waals surface area (Å²) in [5.41, 5.74) is 9.17. The summed E-state index contributed by atoms with van der Waals surface area (Å²) in [6, 6.07) is 55.5. The number of aromatic nitrogens is 5. The molecule has 4 aromatic heterocycles. The molecule has 0 saturated carbocycles. The molecule has 6 heteroatoms. The van der Waals surface area contributed by atoms with Crippen LogP contribution in [0.3, 0.4) is 0 Å². The number of para-hydroxylation sites is 2. The molecular weight excluding hydrogens is 615 g/mol. The minimum atomic E-state index is 0.516. The Morgan fingerprint density at radius 1 is 0.400 bits per heavy atom. The largest absolute Gasteiger partial charge is 0.454 e. The molecule has 0 aliphatic heterocycles. The van der Waals surface area contributed by atoms with E-state index in [-0.39, 0.29) is 0 Å². The third-order valence-electron chi connectivity index (χ3n) is 9.27. The molecule has 0 atom stereocenters. The van der Waals surface area contributed by atoms with Gasteiger partial charge in [-0.05, 0) is 36.4 Å².